The lowest BCUT2D eigenvalue weighted by Gasteiger charge is -2.10. The number of nitrogens with one attached hydrogen (secondary N) is 1. The van der Waals surface area contributed by atoms with Crippen LogP contribution in [-0.2, 0) is 11.2 Å². The van der Waals surface area contributed by atoms with Gasteiger partial charge in [-0.2, -0.15) is 0 Å². The molecule has 0 spiro atoms. The van der Waals surface area contributed by atoms with Crippen molar-refractivity contribution < 1.29 is 9.90 Å². The van der Waals surface area contributed by atoms with Gasteiger partial charge in [0, 0.05) is 5.02 Å². The third-order valence-electron chi connectivity index (χ3n) is 3.87. The average Bonchev–Trinajstić information content (AvgIpc) is 2.82. The molecule has 24 heavy (non-hydrogen) atoms. The lowest BCUT2D eigenvalue weighted by atomic mass is 10.0. The maximum absolute atomic E-state index is 12.2. The van der Waals surface area contributed by atoms with Crippen molar-refractivity contribution in [2.75, 3.05) is 0 Å². The number of aliphatic hydroxyl groups is 1. The zero-order valence-corrected chi connectivity index (χ0v) is 13.9. The minimum absolute atomic E-state index is 0.0344. The molecule has 1 aliphatic heterocycles. The molecule has 0 aliphatic carbocycles. The van der Waals surface area contributed by atoms with E-state index in [4.69, 9.17) is 11.6 Å². The van der Waals surface area contributed by atoms with Gasteiger partial charge in [0.25, 0.3) is 5.91 Å². The normalized spacial score (nSPS) is 18.0. The number of halogens is 1. The molecule has 122 valence electrons. The second-order valence-electron chi connectivity index (χ2n) is 5.65. The van der Waals surface area contributed by atoms with Crippen LogP contribution in [-0.4, -0.2) is 22.8 Å². The summed E-state index contributed by atoms with van der Waals surface area (Å²) in [6.45, 7) is 1.71. The van der Waals surface area contributed by atoms with Crippen LogP contribution in [0.2, 0.25) is 5.02 Å². The van der Waals surface area contributed by atoms with E-state index in [-0.39, 0.29) is 17.2 Å². The largest absolute Gasteiger partial charge is 0.509 e. The zero-order valence-electron chi connectivity index (χ0n) is 13.2. The summed E-state index contributed by atoms with van der Waals surface area (Å²) in [6, 6.07) is 16.3. The molecule has 3 rings (SSSR count). The van der Waals surface area contributed by atoms with Gasteiger partial charge in [0.15, 0.2) is 0 Å². The molecule has 4 nitrogen and oxygen atoms in total. The predicted octanol–water partition coefficient (Wildman–Crippen LogP) is 3.99. The topological polar surface area (TPSA) is 61.7 Å². The number of benzene rings is 2. The third-order valence-corrected chi connectivity index (χ3v) is 4.10. The van der Waals surface area contributed by atoms with Crippen molar-refractivity contribution in [3.05, 3.63) is 76.5 Å². The SMILES string of the molecule is CC(=Nc1cccc(Cl)c1)C1=C(O)C(Cc2ccccc2)NC1=O. The van der Waals surface area contributed by atoms with Gasteiger partial charge in [0.05, 0.1) is 17.4 Å². The van der Waals surface area contributed by atoms with E-state index in [0.29, 0.717) is 22.8 Å². The van der Waals surface area contributed by atoms with Crippen LogP contribution in [0.4, 0.5) is 5.69 Å². The number of carbonyl (C=O) groups excluding carboxylic acids is 1. The van der Waals surface area contributed by atoms with Crippen molar-refractivity contribution in [2.24, 2.45) is 4.99 Å². The van der Waals surface area contributed by atoms with E-state index < -0.39 is 6.04 Å². The molecular weight excluding hydrogens is 324 g/mol. The Labute approximate surface area is 145 Å². The number of carbonyl (C=O) groups is 1. The van der Waals surface area contributed by atoms with Crippen molar-refractivity contribution in [1.82, 2.24) is 5.32 Å². The van der Waals surface area contributed by atoms with E-state index in [1.165, 1.54) is 0 Å². The van der Waals surface area contributed by atoms with Gasteiger partial charge in [-0.3, -0.25) is 9.79 Å². The Morgan fingerprint density at radius 3 is 2.67 bits per heavy atom. The summed E-state index contributed by atoms with van der Waals surface area (Å²) in [7, 11) is 0. The Morgan fingerprint density at radius 1 is 1.21 bits per heavy atom. The van der Waals surface area contributed by atoms with E-state index in [9.17, 15) is 9.90 Å². The monoisotopic (exact) mass is 340 g/mol. The highest BCUT2D eigenvalue weighted by molar-refractivity contribution is 6.31. The Morgan fingerprint density at radius 2 is 1.96 bits per heavy atom. The predicted molar refractivity (Wildman–Crippen MR) is 96.0 cm³/mol. The van der Waals surface area contributed by atoms with Crippen LogP contribution in [0.15, 0.2) is 70.9 Å². The summed E-state index contributed by atoms with van der Waals surface area (Å²) < 4.78 is 0. The van der Waals surface area contributed by atoms with E-state index in [2.05, 4.69) is 10.3 Å². The molecule has 2 N–H and O–H groups in total. The summed E-state index contributed by atoms with van der Waals surface area (Å²) in [4.78, 5) is 16.6. The Kier molecular flexibility index (Phi) is 4.67. The highest BCUT2D eigenvalue weighted by Gasteiger charge is 2.33. The molecule has 1 atom stereocenters. The van der Waals surface area contributed by atoms with Crippen molar-refractivity contribution >= 4 is 28.9 Å². The Hall–Kier alpha value is -2.59. The molecule has 1 amide bonds. The minimum Gasteiger partial charge on any atom is -0.509 e. The molecule has 0 radical (unpaired) electrons. The summed E-state index contributed by atoms with van der Waals surface area (Å²) in [5.41, 5.74) is 2.37. The van der Waals surface area contributed by atoms with Gasteiger partial charge in [0.2, 0.25) is 0 Å². The number of nitrogens with zero attached hydrogens (tertiary/aromatic N) is 1. The van der Waals surface area contributed by atoms with Gasteiger partial charge in [-0.1, -0.05) is 48.0 Å². The van der Waals surface area contributed by atoms with E-state index in [1.807, 2.05) is 30.3 Å². The molecule has 2 aromatic rings. The van der Waals surface area contributed by atoms with Crippen LogP contribution >= 0.6 is 11.6 Å². The van der Waals surface area contributed by atoms with Crippen molar-refractivity contribution in [1.29, 1.82) is 0 Å². The Balaban J connectivity index is 1.87. The summed E-state index contributed by atoms with van der Waals surface area (Å²) in [5, 5.41) is 13.9. The molecular formula is C19H17ClN2O2. The van der Waals surface area contributed by atoms with Crippen LogP contribution in [0.3, 0.4) is 0 Å². The number of aliphatic imine (C=N–C) groups is 1. The second kappa shape index (κ2) is 6.89. The quantitative estimate of drug-likeness (QED) is 0.827. The number of amides is 1. The van der Waals surface area contributed by atoms with Gasteiger partial charge in [-0.05, 0) is 37.1 Å². The molecule has 1 heterocycles. The smallest absolute Gasteiger partial charge is 0.257 e. The molecule has 1 aliphatic rings. The molecule has 5 heteroatoms. The molecule has 0 bridgehead atoms. The van der Waals surface area contributed by atoms with E-state index >= 15 is 0 Å². The van der Waals surface area contributed by atoms with E-state index in [1.54, 1.807) is 31.2 Å². The first-order chi connectivity index (χ1) is 11.5. The first-order valence-electron chi connectivity index (χ1n) is 7.64. The lowest BCUT2D eigenvalue weighted by molar-refractivity contribution is -0.116. The number of hydrogen-bond donors (Lipinski definition) is 2. The maximum atomic E-state index is 12.2. The molecule has 0 fully saturated rings. The average molecular weight is 341 g/mol. The zero-order chi connectivity index (χ0) is 17.1. The second-order valence-corrected chi connectivity index (χ2v) is 6.09. The van der Waals surface area contributed by atoms with Crippen LogP contribution in [0, 0.1) is 0 Å². The molecule has 0 aromatic heterocycles. The fourth-order valence-corrected chi connectivity index (χ4v) is 2.92. The van der Waals surface area contributed by atoms with Crippen molar-refractivity contribution in [3.63, 3.8) is 0 Å². The van der Waals surface area contributed by atoms with Crippen LogP contribution in [0.25, 0.3) is 0 Å². The number of rotatable bonds is 4. The summed E-state index contributed by atoms with van der Waals surface area (Å²) in [6.07, 6.45) is 0.534. The van der Waals surface area contributed by atoms with Crippen LogP contribution in [0.1, 0.15) is 12.5 Å². The van der Waals surface area contributed by atoms with Gasteiger partial charge >= 0.3 is 0 Å². The van der Waals surface area contributed by atoms with Crippen LogP contribution < -0.4 is 5.32 Å². The number of aliphatic hydroxyl groups excluding tert-OH is 1. The fraction of sp³-hybridized carbons (Fsp3) is 0.158. The molecule has 1 unspecified atom stereocenters. The van der Waals surface area contributed by atoms with Gasteiger partial charge in [0.1, 0.15) is 11.3 Å². The number of hydrogen-bond acceptors (Lipinski definition) is 3. The highest BCUT2D eigenvalue weighted by Crippen LogP contribution is 2.23. The maximum Gasteiger partial charge on any atom is 0.257 e. The first-order valence-corrected chi connectivity index (χ1v) is 8.01. The van der Waals surface area contributed by atoms with Gasteiger partial charge in [-0.15, -0.1) is 0 Å². The lowest BCUT2D eigenvalue weighted by Crippen LogP contribution is -2.31. The molecule has 0 saturated carbocycles. The third kappa shape index (κ3) is 3.49. The van der Waals surface area contributed by atoms with Crippen molar-refractivity contribution in [2.45, 2.75) is 19.4 Å². The standard InChI is InChI=1S/C19H17ClN2O2/c1-12(21-15-9-5-8-14(20)11-15)17-18(23)16(22-19(17)24)10-13-6-3-2-4-7-13/h2-9,11,16,23H,10H2,1H3,(H,22,24). The first kappa shape index (κ1) is 16.3. The van der Waals surface area contributed by atoms with E-state index in [0.717, 1.165) is 5.56 Å². The fourth-order valence-electron chi connectivity index (χ4n) is 2.73. The molecule has 2 aromatic carbocycles. The highest BCUT2D eigenvalue weighted by atomic mass is 35.5. The van der Waals surface area contributed by atoms with Crippen molar-refractivity contribution in [3.8, 4) is 0 Å². The molecule has 0 saturated heterocycles. The Bertz CT molecular complexity index is 828. The van der Waals surface area contributed by atoms with Gasteiger partial charge in [-0.25, -0.2) is 0 Å². The van der Waals surface area contributed by atoms with Crippen LogP contribution in [0.5, 0.6) is 0 Å². The minimum atomic E-state index is -0.431. The summed E-state index contributed by atoms with van der Waals surface area (Å²) in [5.74, 6) is -0.274. The van der Waals surface area contributed by atoms with Gasteiger partial charge < -0.3 is 10.4 Å². The summed E-state index contributed by atoms with van der Waals surface area (Å²) >= 11 is 5.95.